The fourth-order valence-electron chi connectivity index (χ4n) is 2.48. The van der Waals surface area contributed by atoms with Crippen LogP contribution in [0.4, 0.5) is 9.52 Å². The minimum Gasteiger partial charge on any atom is -0.351 e. The third-order valence-electron chi connectivity index (χ3n) is 3.89. The van der Waals surface area contributed by atoms with E-state index in [1.54, 1.807) is 6.92 Å². The first-order valence-electron chi connectivity index (χ1n) is 8.43. The van der Waals surface area contributed by atoms with Crippen LogP contribution in [0, 0.1) is 12.7 Å². The van der Waals surface area contributed by atoms with Crippen molar-refractivity contribution in [1.29, 1.82) is 0 Å². The van der Waals surface area contributed by atoms with Crippen molar-refractivity contribution < 1.29 is 17.6 Å². The van der Waals surface area contributed by atoms with Gasteiger partial charge in [-0.25, -0.2) is 17.8 Å². The van der Waals surface area contributed by atoms with Gasteiger partial charge in [0.25, 0.3) is 15.9 Å². The summed E-state index contributed by atoms with van der Waals surface area (Å²) in [6.07, 6.45) is 0.689. The van der Waals surface area contributed by atoms with Crippen LogP contribution in [0.2, 0.25) is 0 Å². The van der Waals surface area contributed by atoms with Crippen LogP contribution in [0.1, 0.15) is 20.9 Å². The summed E-state index contributed by atoms with van der Waals surface area (Å²) in [4.78, 5) is 16.8. The van der Waals surface area contributed by atoms with Gasteiger partial charge in [0.2, 0.25) is 0 Å². The number of rotatable bonds is 7. The summed E-state index contributed by atoms with van der Waals surface area (Å²) >= 11 is 0.951. The third-order valence-corrected chi connectivity index (χ3v) is 6.45. The van der Waals surface area contributed by atoms with E-state index in [1.165, 1.54) is 0 Å². The first kappa shape index (κ1) is 20.0. The number of halogens is 1. The number of amides is 1. The topological polar surface area (TPSA) is 88.2 Å². The molecule has 0 saturated carbocycles. The molecule has 0 bridgehead atoms. The van der Waals surface area contributed by atoms with Crippen LogP contribution in [0.5, 0.6) is 0 Å². The quantitative estimate of drug-likeness (QED) is 0.615. The van der Waals surface area contributed by atoms with Crippen LogP contribution in [0.15, 0.2) is 59.5 Å². The fourth-order valence-corrected chi connectivity index (χ4v) is 4.60. The molecule has 2 N–H and O–H groups in total. The third kappa shape index (κ3) is 4.93. The summed E-state index contributed by atoms with van der Waals surface area (Å²) in [6.45, 7) is 2.09. The number of aromatic nitrogens is 1. The standard InChI is InChI=1S/C19H18FN3O3S2/c1-13-17(18(24)21-12-11-14-5-3-2-4-6-14)27-19(22-13)23-28(25,26)16-9-7-15(20)8-10-16/h2-10H,11-12H2,1H3,(H,21,24)(H,22,23). The molecule has 0 aliphatic carbocycles. The number of hydrogen-bond acceptors (Lipinski definition) is 5. The summed E-state index contributed by atoms with van der Waals surface area (Å²) in [5.74, 6) is -0.836. The Morgan fingerprint density at radius 3 is 2.46 bits per heavy atom. The summed E-state index contributed by atoms with van der Waals surface area (Å²) in [7, 11) is -3.91. The smallest absolute Gasteiger partial charge is 0.263 e. The number of carbonyl (C=O) groups is 1. The van der Waals surface area contributed by atoms with Crippen molar-refractivity contribution in [3.8, 4) is 0 Å². The number of aryl methyl sites for hydroxylation is 1. The summed E-state index contributed by atoms with van der Waals surface area (Å²) in [5.41, 5.74) is 1.54. The van der Waals surface area contributed by atoms with Gasteiger partial charge in [0.15, 0.2) is 5.13 Å². The molecule has 1 aromatic heterocycles. The maximum absolute atomic E-state index is 13.0. The Bertz CT molecular complexity index is 1070. The highest BCUT2D eigenvalue weighted by molar-refractivity contribution is 7.93. The molecule has 146 valence electrons. The summed E-state index contributed by atoms with van der Waals surface area (Å²) in [6, 6.07) is 14.2. The van der Waals surface area contributed by atoms with Crippen LogP contribution < -0.4 is 10.0 Å². The average Bonchev–Trinajstić information content (AvgIpc) is 3.02. The number of hydrogen-bond donors (Lipinski definition) is 2. The lowest BCUT2D eigenvalue weighted by atomic mass is 10.1. The zero-order valence-corrected chi connectivity index (χ0v) is 16.6. The lowest BCUT2D eigenvalue weighted by Crippen LogP contribution is -2.25. The van der Waals surface area contributed by atoms with Crippen LogP contribution in [-0.4, -0.2) is 25.9 Å². The Kier molecular flexibility index (Phi) is 6.05. The molecular formula is C19H18FN3O3S2. The molecule has 0 unspecified atom stereocenters. The summed E-state index contributed by atoms with van der Waals surface area (Å²) in [5, 5.41) is 2.89. The zero-order chi connectivity index (χ0) is 20.1. The maximum atomic E-state index is 13.0. The Balaban J connectivity index is 1.65. The highest BCUT2D eigenvalue weighted by atomic mass is 32.2. The van der Waals surface area contributed by atoms with Crippen molar-refractivity contribution in [2.75, 3.05) is 11.3 Å². The second kappa shape index (κ2) is 8.49. The van der Waals surface area contributed by atoms with Crippen LogP contribution in [-0.2, 0) is 16.4 Å². The van der Waals surface area contributed by atoms with E-state index in [1.807, 2.05) is 30.3 Å². The maximum Gasteiger partial charge on any atom is 0.263 e. The van der Waals surface area contributed by atoms with Crippen molar-refractivity contribution in [3.05, 3.63) is 76.5 Å². The van der Waals surface area contributed by atoms with E-state index >= 15 is 0 Å². The van der Waals surface area contributed by atoms with E-state index in [9.17, 15) is 17.6 Å². The van der Waals surface area contributed by atoms with Crippen LogP contribution >= 0.6 is 11.3 Å². The van der Waals surface area contributed by atoms with Gasteiger partial charge in [-0.1, -0.05) is 41.7 Å². The monoisotopic (exact) mass is 419 g/mol. The molecule has 0 saturated heterocycles. The van der Waals surface area contributed by atoms with Gasteiger partial charge < -0.3 is 5.32 Å². The van der Waals surface area contributed by atoms with E-state index in [-0.39, 0.29) is 15.9 Å². The molecule has 0 spiro atoms. The number of nitrogens with one attached hydrogen (secondary N) is 2. The lowest BCUT2D eigenvalue weighted by molar-refractivity contribution is 0.0957. The Morgan fingerprint density at radius 1 is 1.11 bits per heavy atom. The second-order valence-electron chi connectivity index (χ2n) is 5.98. The number of benzene rings is 2. The molecule has 6 nitrogen and oxygen atoms in total. The minimum atomic E-state index is -3.91. The zero-order valence-electron chi connectivity index (χ0n) is 15.0. The molecule has 28 heavy (non-hydrogen) atoms. The van der Waals surface area contributed by atoms with Gasteiger partial charge in [-0.2, -0.15) is 0 Å². The Hall–Kier alpha value is -2.78. The molecule has 0 radical (unpaired) electrons. The Morgan fingerprint density at radius 2 is 1.79 bits per heavy atom. The fraction of sp³-hybridized carbons (Fsp3) is 0.158. The van der Waals surface area contributed by atoms with Crippen LogP contribution in [0.25, 0.3) is 0 Å². The first-order valence-corrected chi connectivity index (χ1v) is 10.7. The molecule has 0 atom stereocenters. The molecule has 1 amide bonds. The van der Waals surface area contributed by atoms with Crippen molar-refractivity contribution >= 4 is 32.4 Å². The number of thiazole rings is 1. The molecule has 1 heterocycles. The predicted molar refractivity (Wildman–Crippen MR) is 107 cm³/mol. The van der Waals surface area contributed by atoms with E-state index < -0.39 is 15.8 Å². The van der Waals surface area contributed by atoms with Gasteiger partial charge in [-0.3, -0.25) is 9.52 Å². The van der Waals surface area contributed by atoms with E-state index in [4.69, 9.17) is 0 Å². The molecule has 9 heteroatoms. The van der Waals surface area contributed by atoms with Gasteiger partial charge in [-0.15, -0.1) is 0 Å². The van der Waals surface area contributed by atoms with Crippen molar-refractivity contribution in [1.82, 2.24) is 10.3 Å². The second-order valence-corrected chi connectivity index (χ2v) is 8.67. The predicted octanol–water partition coefficient (Wildman–Crippen LogP) is 3.36. The molecule has 0 aliphatic heterocycles. The van der Waals surface area contributed by atoms with Crippen molar-refractivity contribution in [2.24, 2.45) is 0 Å². The highest BCUT2D eigenvalue weighted by Gasteiger charge is 2.20. The molecule has 0 fully saturated rings. The van der Waals surface area contributed by atoms with Gasteiger partial charge >= 0.3 is 0 Å². The number of nitrogens with zero attached hydrogens (tertiary/aromatic N) is 1. The van der Waals surface area contributed by atoms with Gasteiger partial charge in [0, 0.05) is 6.54 Å². The molecule has 3 aromatic rings. The van der Waals surface area contributed by atoms with E-state index in [0.717, 1.165) is 41.2 Å². The molecular weight excluding hydrogens is 401 g/mol. The molecule has 3 rings (SSSR count). The molecule has 2 aromatic carbocycles. The number of carbonyl (C=O) groups excluding carboxylic acids is 1. The average molecular weight is 420 g/mol. The Labute approximate surface area is 166 Å². The van der Waals surface area contributed by atoms with E-state index in [2.05, 4.69) is 15.0 Å². The largest absolute Gasteiger partial charge is 0.351 e. The van der Waals surface area contributed by atoms with E-state index in [0.29, 0.717) is 23.5 Å². The first-order chi connectivity index (χ1) is 13.3. The number of anilines is 1. The van der Waals surface area contributed by atoms with Gasteiger partial charge in [0.05, 0.1) is 10.6 Å². The molecule has 0 aliphatic rings. The van der Waals surface area contributed by atoms with Gasteiger partial charge in [0.1, 0.15) is 10.7 Å². The minimum absolute atomic E-state index is 0.0787. The van der Waals surface area contributed by atoms with Crippen molar-refractivity contribution in [3.63, 3.8) is 0 Å². The highest BCUT2D eigenvalue weighted by Crippen LogP contribution is 2.25. The van der Waals surface area contributed by atoms with Crippen LogP contribution in [0.3, 0.4) is 0 Å². The SMILES string of the molecule is Cc1nc(NS(=O)(=O)c2ccc(F)cc2)sc1C(=O)NCCc1ccccc1. The summed E-state index contributed by atoms with van der Waals surface area (Å²) < 4.78 is 40.0. The lowest BCUT2D eigenvalue weighted by Gasteiger charge is -2.05. The normalized spacial score (nSPS) is 11.2. The number of sulfonamides is 1. The van der Waals surface area contributed by atoms with Gasteiger partial charge in [-0.05, 0) is 43.2 Å². The van der Waals surface area contributed by atoms with Crippen molar-refractivity contribution in [2.45, 2.75) is 18.2 Å².